The highest BCUT2D eigenvalue weighted by Gasteiger charge is 2.29. The van der Waals surface area contributed by atoms with Crippen LogP contribution in [0.25, 0.3) is 0 Å². The van der Waals surface area contributed by atoms with Crippen LogP contribution >= 0.6 is 46.6 Å². The Morgan fingerprint density at radius 1 is 1.42 bits per heavy atom. The van der Waals surface area contributed by atoms with Crippen LogP contribution in [0, 0.1) is 6.92 Å². The normalized spacial score (nSPS) is 13.4. The summed E-state index contributed by atoms with van der Waals surface area (Å²) in [5.74, 6) is -0.973. The average Bonchev–Trinajstić information content (AvgIpc) is 2.29. The second-order valence-electron chi connectivity index (χ2n) is 4.25. The van der Waals surface area contributed by atoms with E-state index in [0.29, 0.717) is 16.4 Å². The molecule has 0 saturated carbocycles. The Kier molecular flexibility index (Phi) is 5.87. The van der Waals surface area contributed by atoms with Crippen molar-refractivity contribution in [3.63, 3.8) is 0 Å². The first-order chi connectivity index (χ1) is 8.68. The molecule has 0 heterocycles. The van der Waals surface area contributed by atoms with Gasteiger partial charge in [0, 0.05) is 15.7 Å². The molecule has 0 aliphatic carbocycles. The van der Waals surface area contributed by atoms with Gasteiger partial charge in [0.2, 0.25) is 3.79 Å². The molecule has 1 N–H and O–H groups in total. The second-order valence-corrected chi connectivity index (χ2v) is 7.98. The molecule has 2 nitrogen and oxygen atoms in total. The van der Waals surface area contributed by atoms with E-state index < -0.39 is 9.76 Å². The molecule has 0 aliphatic rings. The molecule has 0 saturated heterocycles. The predicted molar refractivity (Wildman–Crippen MR) is 83.0 cm³/mol. The number of thioether (sulfide) groups is 1. The third-order valence-corrected chi connectivity index (χ3v) is 4.94. The fourth-order valence-corrected chi connectivity index (χ4v) is 3.43. The Morgan fingerprint density at radius 2 is 2.00 bits per heavy atom. The highest BCUT2D eigenvalue weighted by Crippen LogP contribution is 2.45. The summed E-state index contributed by atoms with van der Waals surface area (Å²) < 4.78 is -1.56. The average molecular weight is 342 g/mol. The topological polar surface area (TPSA) is 37.3 Å². The Morgan fingerprint density at radius 3 is 2.42 bits per heavy atom. The van der Waals surface area contributed by atoms with Gasteiger partial charge in [-0.25, -0.2) is 4.79 Å². The number of hydrogen-bond donors (Lipinski definition) is 1. The van der Waals surface area contributed by atoms with Crippen molar-refractivity contribution in [2.45, 2.75) is 41.1 Å². The van der Waals surface area contributed by atoms with Gasteiger partial charge in [0.1, 0.15) is 0 Å². The number of carbonyl (C=O) groups is 1. The minimum absolute atomic E-state index is 0.240. The summed E-state index contributed by atoms with van der Waals surface area (Å²) in [6.07, 6.45) is 0.945. The molecule has 0 aromatic heterocycles. The van der Waals surface area contributed by atoms with Crippen molar-refractivity contribution in [2.24, 2.45) is 0 Å². The summed E-state index contributed by atoms with van der Waals surface area (Å²) in [5.41, 5.74) is 1.41. The first-order valence-electron chi connectivity index (χ1n) is 5.79. The lowest BCUT2D eigenvalue weighted by Gasteiger charge is -2.21. The number of halogens is 3. The van der Waals surface area contributed by atoms with Crippen LogP contribution in [-0.2, 0) is 3.79 Å². The minimum atomic E-state index is -1.56. The highest BCUT2D eigenvalue weighted by atomic mass is 35.6. The van der Waals surface area contributed by atoms with Crippen molar-refractivity contribution in [3.8, 4) is 0 Å². The predicted octanol–water partition coefficient (Wildman–Crippen LogP) is 5.41. The van der Waals surface area contributed by atoms with Crippen LogP contribution in [0.2, 0.25) is 0 Å². The third-order valence-electron chi connectivity index (χ3n) is 2.84. The quantitative estimate of drug-likeness (QED) is 0.587. The molecule has 0 fully saturated rings. The molecule has 1 aromatic rings. The van der Waals surface area contributed by atoms with Gasteiger partial charge in [0.05, 0.1) is 5.56 Å². The van der Waals surface area contributed by atoms with Crippen molar-refractivity contribution < 1.29 is 9.90 Å². The monoisotopic (exact) mass is 340 g/mol. The van der Waals surface area contributed by atoms with E-state index in [2.05, 4.69) is 13.8 Å². The highest BCUT2D eigenvalue weighted by molar-refractivity contribution is 8.00. The zero-order chi connectivity index (χ0) is 14.8. The summed E-state index contributed by atoms with van der Waals surface area (Å²) in [7, 11) is 0. The Bertz CT molecular complexity index is 484. The Labute approximate surface area is 132 Å². The van der Waals surface area contributed by atoms with Gasteiger partial charge in [-0.15, -0.1) is 11.8 Å². The molecule has 19 heavy (non-hydrogen) atoms. The standard InChI is InChI=1S/C13H15Cl3O2S/c1-4-7(2)19-11-8(3)9(12(17)18)5-6-10(11)13(14,15)16/h5-7H,4H2,1-3H3,(H,17,18)/t7-/m1/s1. The first kappa shape index (κ1) is 17.0. The lowest BCUT2D eigenvalue weighted by molar-refractivity contribution is 0.0695. The molecule has 0 spiro atoms. The number of carboxylic acids is 1. The maximum atomic E-state index is 11.2. The molecule has 1 aromatic carbocycles. The van der Waals surface area contributed by atoms with Crippen molar-refractivity contribution in [3.05, 3.63) is 28.8 Å². The summed E-state index contributed by atoms with van der Waals surface area (Å²) in [6, 6.07) is 3.06. The number of alkyl halides is 3. The van der Waals surface area contributed by atoms with Crippen LogP contribution in [0.5, 0.6) is 0 Å². The lowest BCUT2D eigenvalue weighted by Crippen LogP contribution is -2.10. The fraction of sp³-hybridized carbons (Fsp3) is 0.462. The molecular formula is C13H15Cl3O2S. The lowest BCUT2D eigenvalue weighted by atomic mass is 10.1. The fourth-order valence-electron chi connectivity index (χ4n) is 1.58. The first-order valence-corrected chi connectivity index (χ1v) is 7.80. The maximum Gasteiger partial charge on any atom is 0.335 e. The zero-order valence-electron chi connectivity index (χ0n) is 10.8. The SMILES string of the molecule is CC[C@@H](C)Sc1c(C(Cl)(Cl)Cl)ccc(C(=O)O)c1C. The number of aromatic carboxylic acids is 1. The van der Waals surface area contributed by atoms with Gasteiger partial charge in [0.25, 0.3) is 0 Å². The van der Waals surface area contributed by atoms with Crippen molar-refractivity contribution in [2.75, 3.05) is 0 Å². The summed E-state index contributed by atoms with van der Waals surface area (Å²) in [4.78, 5) is 11.9. The van der Waals surface area contributed by atoms with Crippen molar-refractivity contribution in [1.82, 2.24) is 0 Å². The molecule has 0 aliphatic heterocycles. The second kappa shape index (κ2) is 6.57. The van der Waals surface area contributed by atoms with Crippen LogP contribution in [0.4, 0.5) is 0 Å². The molecule has 0 bridgehead atoms. The van der Waals surface area contributed by atoms with E-state index >= 15 is 0 Å². The van der Waals surface area contributed by atoms with Crippen LogP contribution in [0.1, 0.15) is 41.8 Å². The van der Waals surface area contributed by atoms with E-state index in [1.165, 1.54) is 17.8 Å². The van der Waals surface area contributed by atoms with E-state index in [1.807, 2.05) is 0 Å². The van der Waals surface area contributed by atoms with Gasteiger partial charge in [-0.05, 0) is 25.0 Å². The number of hydrogen-bond acceptors (Lipinski definition) is 2. The van der Waals surface area contributed by atoms with Crippen LogP contribution in [0.15, 0.2) is 17.0 Å². The van der Waals surface area contributed by atoms with Crippen LogP contribution in [-0.4, -0.2) is 16.3 Å². The molecule has 6 heteroatoms. The molecule has 0 amide bonds. The maximum absolute atomic E-state index is 11.2. The van der Waals surface area contributed by atoms with Gasteiger partial charge in [-0.1, -0.05) is 54.7 Å². The smallest absolute Gasteiger partial charge is 0.335 e. The zero-order valence-corrected chi connectivity index (χ0v) is 13.9. The van der Waals surface area contributed by atoms with Gasteiger partial charge in [0.15, 0.2) is 0 Å². The number of carboxylic acid groups (broad SMARTS) is 1. The van der Waals surface area contributed by atoms with Gasteiger partial charge in [-0.3, -0.25) is 0 Å². The molecule has 0 radical (unpaired) electrons. The molecule has 1 atom stereocenters. The van der Waals surface area contributed by atoms with E-state index in [-0.39, 0.29) is 5.56 Å². The Hall–Kier alpha value is -0.0900. The van der Waals surface area contributed by atoms with E-state index in [9.17, 15) is 4.79 Å². The van der Waals surface area contributed by atoms with Crippen LogP contribution in [0.3, 0.4) is 0 Å². The van der Waals surface area contributed by atoms with Crippen molar-refractivity contribution >= 4 is 52.5 Å². The van der Waals surface area contributed by atoms with E-state index in [1.54, 1.807) is 13.0 Å². The summed E-state index contributed by atoms with van der Waals surface area (Å²) >= 11 is 19.4. The molecule has 0 unspecified atom stereocenters. The van der Waals surface area contributed by atoms with Crippen LogP contribution < -0.4 is 0 Å². The van der Waals surface area contributed by atoms with Gasteiger partial charge >= 0.3 is 5.97 Å². The van der Waals surface area contributed by atoms with Gasteiger partial charge in [-0.2, -0.15) is 0 Å². The third kappa shape index (κ3) is 4.19. The van der Waals surface area contributed by atoms with E-state index in [4.69, 9.17) is 39.9 Å². The van der Waals surface area contributed by atoms with E-state index in [0.717, 1.165) is 11.3 Å². The molecular weight excluding hydrogens is 327 g/mol. The van der Waals surface area contributed by atoms with Gasteiger partial charge < -0.3 is 5.11 Å². The van der Waals surface area contributed by atoms with Crippen molar-refractivity contribution in [1.29, 1.82) is 0 Å². The summed E-state index contributed by atoms with van der Waals surface area (Å²) in [6.45, 7) is 5.86. The number of benzene rings is 1. The minimum Gasteiger partial charge on any atom is -0.478 e. The Balaban J connectivity index is 3.42. The summed E-state index contributed by atoms with van der Waals surface area (Å²) in [5, 5.41) is 9.48. The number of rotatable bonds is 4. The molecule has 1 rings (SSSR count). The largest absolute Gasteiger partial charge is 0.478 e. The molecule has 106 valence electrons.